The largest absolute Gasteiger partial charge is 0.508 e. The lowest BCUT2D eigenvalue weighted by Gasteiger charge is -2.05. The van der Waals surface area contributed by atoms with Crippen LogP contribution in [-0.2, 0) is 0 Å². The molecule has 0 spiro atoms. The van der Waals surface area contributed by atoms with Crippen molar-refractivity contribution in [3.05, 3.63) is 59.7 Å². The van der Waals surface area contributed by atoms with Gasteiger partial charge in [-0.15, -0.1) is 0 Å². The second kappa shape index (κ2) is 7.12. The summed E-state index contributed by atoms with van der Waals surface area (Å²) in [7, 11) is 0. The van der Waals surface area contributed by atoms with Crippen molar-refractivity contribution in [3.63, 3.8) is 0 Å². The Morgan fingerprint density at radius 2 is 1.81 bits per heavy atom. The normalized spacial score (nSPS) is 12.7. The van der Waals surface area contributed by atoms with Crippen LogP contribution in [0.4, 0.5) is 0 Å². The Morgan fingerprint density at radius 1 is 1.10 bits per heavy atom. The highest BCUT2D eigenvalue weighted by Gasteiger charge is 1.98. The smallest absolute Gasteiger partial charge is 0.116 e. The first kappa shape index (κ1) is 15.4. The van der Waals surface area contributed by atoms with Crippen molar-refractivity contribution in [3.8, 4) is 5.75 Å². The maximum absolute atomic E-state index is 9.48. The lowest BCUT2D eigenvalue weighted by molar-refractivity contribution is 0.476. The van der Waals surface area contributed by atoms with E-state index in [2.05, 4.69) is 57.2 Å². The standard InChI is InChI=1S/C20H24O/c1-15(2)5-4-6-16(3)7-8-17-9-10-19-14-20(21)12-11-18(19)13-17/h5,7-14,16,21H,4,6H2,1-3H3/b8-7+. The van der Waals surface area contributed by atoms with Crippen molar-refractivity contribution in [1.82, 2.24) is 0 Å². The summed E-state index contributed by atoms with van der Waals surface area (Å²) in [6.45, 7) is 6.55. The molecule has 0 heterocycles. The third-order valence-corrected chi connectivity index (χ3v) is 3.64. The molecule has 0 saturated heterocycles. The van der Waals surface area contributed by atoms with Gasteiger partial charge in [0, 0.05) is 0 Å². The van der Waals surface area contributed by atoms with E-state index in [-0.39, 0.29) is 0 Å². The van der Waals surface area contributed by atoms with Crippen LogP contribution in [-0.4, -0.2) is 5.11 Å². The molecule has 0 bridgehead atoms. The van der Waals surface area contributed by atoms with Crippen molar-refractivity contribution >= 4 is 16.8 Å². The van der Waals surface area contributed by atoms with Gasteiger partial charge < -0.3 is 5.11 Å². The maximum atomic E-state index is 9.48. The van der Waals surface area contributed by atoms with Crippen LogP contribution in [0, 0.1) is 5.92 Å². The lowest BCUT2D eigenvalue weighted by atomic mass is 10.0. The SMILES string of the molecule is CC(C)=CCCC(C)/C=C/c1ccc2cc(O)ccc2c1. The summed E-state index contributed by atoms with van der Waals surface area (Å²) in [5, 5.41) is 11.7. The van der Waals surface area contributed by atoms with Crippen molar-refractivity contribution in [2.24, 2.45) is 5.92 Å². The monoisotopic (exact) mass is 280 g/mol. The molecule has 1 heteroatoms. The fourth-order valence-corrected chi connectivity index (χ4v) is 2.36. The summed E-state index contributed by atoms with van der Waals surface area (Å²) in [4.78, 5) is 0. The van der Waals surface area contributed by atoms with Crippen LogP contribution in [0.2, 0.25) is 0 Å². The van der Waals surface area contributed by atoms with E-state index in [0.29, 0.717) is 11.7 Å². The highest BCUT2D eigenvalue weighted by molar-refractivity contribution is 5.85. The van der Waals surface area contributed by atoms with E-state index in [1.807, 2.05) is 6.07 Å². The van der Waals surface area contributed by atoms with E-state index in [0.717, 1.165) is 17.2 Å². The minimum absolute atomic E-state index is 0.318. The van der Waals surface area contributed by atoms with Crippen molar-refractivity contribution in [2.75, 3.05) is 0 Å². The van der Waals surface area contributed by atoms with E-state index in [9.17, 15) is 5.11 Å². The van der Waals surface area contributed by atoms with Crippen LogP contribution in [0.15, 0.2) is 54.1 Å². The lowest BCUT2D eigenvalue weighted by Crippen LogP contribution is -1.88. The van der Waals surface area contributed by atoms with Crippen LogP contribution < -0.4 is 0 Å². The Bertz CT molecular complexity index is 661. The minimum atomic E-state index is 0.318. The number of allylic oxidation sites excluding steroid dienone is 3. The molecule has 0 aliphatic heterocycles. The molecule has 0 aliphatic carbocycles. The van der Waals surface area contributed by atoms with E-state index < -0.39 is 0 Å². The molecular formula is C20H24O. The van der Waals surface area contributed by atoms with Crippen molar-refractivity contribution in [2.45, 2.75) is 33.6 Å². The highest BCUT2D eigenvalue weighted by Crippen LogP contribution is 2.22. The first-order chi connectivity index (χ1) is 10.0. The molecule has 21 heavy (non-hydrogen) atoms. The average Bonchev–Trinajstić information content (AvgIpc) is 2.44. The topological polar surface area (TPSA) is 20.2 Å². The molecule has 110 valence electrons. The predicted molar refractivity (Wildman–Crippen MR) is 92.5 cm³/mol. The van der Waals surface area contributed by atoms with Gasteiger partial charge in [0.25, 0.3) is 0 Å². The summed E-state index contributed by atoms with van der Waals surface area (Å²) in [5.41, 5.74) is 2.60. The number of rotatable bonds is 5. The van der Waals surface area contributed by atoms with Gasteiger partial charge in [-0.25, -0.2) is 0 Å². The Morgan fingerprint density at radius 3 is 2.57 bits per heavy atom. The summed E-state index contributed by atoms with van der Waals surface area (Å²) in [5.74, 6) is 0.898. The molecule has 2 rings (SSSR count). The third-order valence-electron chi connectivity index (χ3n) is 3.64. The van der Waals surface area contributed by atoms with E-state index in [4.69, 9.17) is 0 Å². The fourth-order valence-electron chi connectivity index (χ4n) is 2.36. The van der Waals surface area contributed by atoms with Crippen LogP contribution in [0.3, 0.4) is 0 Å². The molecule has 1 N–H and O–H groups in total. The number of benzene rings is 2. The first-order valence-corrected chi connectivity index (χ1v) is 7.59. The minimum Gasteiger partial charge on any atom is -0.508 e. The van der Waals surface area contributed by atoms with Gasteiger partial charge in [-0.05, 0) is 67.1 Å². The zero-order valence-electron chi connectivity index (χ0n) is 13.1. The van der Waals surface area contributed by atoms with Gasteiger partial charge >= 0.3 is 0 Å². The second-order valence-electron chi connectivity index (χ2n) is 5.99. The highest BCUT2D eigenvalue weighted by atomic mass is 16.3. The van der Waals surface area contributed by atoms with E-state index in [1.165, 1.54) is 17.6 Å². The Balaban J connectivity index is 2.03. The molecule has 0 fully saturated rings. The molecule has 1 unspecified atom stereocenters. The van der Waals surface area contributed by atoms with Crippen LogP contribution in [0.1, 0.15) is 39.2 Å². The van der Waals surface area contributed by atoms with Crippen LogP contribution in [0.25, 0.3) is 16.8 Å². The number of fused-ring (bicyclic) bond motifs is 1. The quantitative estimate of drug-likeness (QED) is 0.672. The van der Waals surface area contributed by atoms with Crippen molar-refractivity contribution in [1.29, 1.82) is 0 Å². The van der Waals surface area contributed by atoms with Gasteiger partial charge in [0.15, 0.2) is 0 Å². The van der Waals surface area contributed by atoms with E-state index >= 15 is 0 Å². The van der Waals surface area contributed by atoms with Gasteiger partial charge in [-0.2, -0.15) is 0 Å². The third kappa shape index (κ3) is 4.78. The van der Waals surface area contributed by atoms with Gasteiger partial charge in [-0.3, -0.25) is 0 Å². The van der Waals surface area contributed by atoms with E-state index in [1.54, 1.807) is 12.1 Å². The molecule has 0 aromatic heterocycles. The predicted octanol–water partition coefficient (Wildman–Crippen LogP) is 5.94. The fraction of sp³-hybridized carbons (Fsp3) is 0.300. The number of phenols is 1. The molecule has 0 aliphatic rings. The molecule has 2 aromatic rings. The number of hydrogen-bond acceptors (Lipinski definition) is 1. The van der Waals surface area contributed by atoms with Gasteiger partial charge in [0.1, 0.15) is 5.75 Å². The Labute approximate surface area is 127 Å². The van der Waals surface area contributed by atoms with Gasteiger partial charge in [-0.1, -0.05) is 48.9 Å². The van der Waals surface area contributed by atoms with Crippen molar-refractivity contribution < 1.29 is 5.11 Å². The zero-order valence-corrected chi connectivity index (χ0v) is 13.1. The molecule has 0 radical (unpaired) electrons. The van der Waals surface area contributed by atoms with Crippen LogP contribution >= 0.6 is 0 Å². The average molecular weight is 280 g/mol. The van der Waals surface area contributed by atoms with Gasteiger partial charge in [0.05, 0.1) is 0 Å². The molecule has 0 amide bonds. The van der Waals surface area contributed by atoms with Gasteiger partial charge in [0.2, 0.25) is 0 Å². The summed E-state index contributed by atoms with van der Waals surface area (Å²) in [6.07, 6.45) is 9.10. The number of hydrogen-bond donors (Lipinski definition) is 1. The second-order valence-corrected chi connectivity index (χ2v) is 5.99. The maximum Gasteiger partial charge on any atom is 0.116 e. The van der Waals surface area contributed by atoms with Crippen LogP contribution in [0.5, 0.6) is 5.75 Å². The molecule has 1 nitrogen and oxygen atoms in total. The molecule has 0 saturated carbocycles. The summed E-state index contributed by atoms with van der Waals surface area (Å²) in [6, 6.07) is 11.8. The number of aromatic hydroxyl groups is 1. The Hall–Kier alpha value is -2.02. The molecular weight excluding hydrogens is 256 g/mol. The summed E-state index contributed by atoms with van der Waals surface area (Å²) < 4.78 is 0. The zero-order chi connectivity index (χ0) is 15.2. The molecule has 2 aromatic carbocycles. The summed E-state index contributed by atoms with van der Waals surface area (Å²) >= 11 is 0. The number of phenolic OH excluding ortho intramolecular Hbond substituents is 1. The molecule has 1 atom stereocenters. The Kier molecular flexibility index (Phi) is 5.21. The first-order valence-electron chi connectivity index (χ1n) is 7.59.